The number of quaternary nitrogens is 7. The van der Waals surface area contributed by atoms with Crippen molar-refractivity contribution in [3.63, 3.8) is 0 Å². The number of ether oxygens (including phenoxy) is 7. The highest BCUT2D eigenvalue weighted by molar-refractivity contribution is 5.18. The van der Waals surface area contributed by atoms with Crippen molar-refractivity contribution >= 4 is 0 Å². The van der Waals surface area contributed by atoms with Crippen molar-refractivity contribution in [2.24, 2.45) is 0 Å². The summed E-state index contributed by atoms with van der Waals surface area (Å²) >= 11 is 0. The lowest BCUT2D eigenvalue weighted by molar-refractivity contribution is -0.927. The average Bonchev–Trinajstić information content (AvgIpc) is 0.847. The molecule has 0 amide bonds. The van der Waals surface area contributed by atoms with Gasteiger partial charge in [0.2, 0.25) is 0 Å². The highest BCUT2D eigenvalue weighted by Crippen LogP contribution is 2.18. The number of rotatable bonds is 67. The molecule has 2 atom stereocenters. The molecule has 0 aliphatic heterocycles. The largest absolute Gasteiger partial charge is 0.375 e. The van der Waals surface area contributed by atoms with E-state index < -0.39 is 0 Å². The molecule has 130 heavy (non-hydrogen) atoms. The van der Waals surface area contributed by atoms with Crippen LogP contribution in [0.4, 0.5) is 0 Å². The second-order valence-corrected chi connectivity index (χ2v) is 37.1. The Morgan fingerprint density at radius 3 is 0.508 bits per heavy atom. The van der Waals surface area contributed by atoms with Crippen LogP contribution in [0, 0.1) is 0 Å². The minimum Gasteiger partial charge on any atom is -0.375 e. The van der Waals surface area contributed by atoms with Gasteiger partial charge in [-0.25, -0.2) is 0 Å². The molecule has 0 aromatic heterocycles. The number of unbranched alkanes of at least 4 members (excludes halogenated alkanes) is 2. The van der Waals surface area contributed by atoms with Gasteiger partial charge in [-0.3, -0.25) is 0 Å². The van der Waals surface area contributed by atoms with Crippen molar-refractivity contribution in [2.45, 2.75) is 234 Å². The van der Waals surface area contributed by atoms with Crippen LogP contribution in [0.1, 0.15) is 228 Å². The molecule has 0 aliphatic rings. The van der Waals surface area contributed by atoms with Crippen LogP contribution in [0.15, 0.2) is 212 Å². The van der Waals surface area contributed by atoms with Crippen LogP contribution in [0.25, 0.3) is 0 Å². The Bertz CT molecular complexity index is 3490. The third kappa shape index (κ3) is 59.0. The minimum absolute atomic E-state index is 0.734. The summed E-state index contributed by atoms with van der Waals surface area (Å²) in [4.78, 5) is 0. The molecule has 0 bridgehead atoms. The van der Waals surface area contributed by atoms with Gasteiger partial charge in [-0.15, -0.1) is 0 Å². The van der Waals surface area contributed by atoms with E-state index in [1.807, 2.05) is 18.2 Å². The van der Waals surface area contributed by atoms with Crippen LogP contribution in [-0.4, -0.2) is 289 Å². The van der Waals surface area contributed by atoms with Gasteiger partial charge in [-0.05, 0) is 185 Å². The third-order valence-electron chi connectivity index (χ3n) is 26.9. The Hall–Kier alpha value is -6.02. The first kappa shape index (κ1) is 122. The molecule has 0 saturated heterocycles. The SMILES string of the molecule is CCCC[N+](CC)(CCC)CCOCCc1ccccc1.CCCC[N+](CC)(CCC)CCOCc1ccccc1.CCC[N+](CC)(CCC)CCOCCc1ccccc1.CCC[N+](CC)(CCC)CCOCc1ccccc1.CC[N+](CC)(CC)CCOCCc1ccccc1.CC[N+](CC)(CC)CCOCc1ccccc1.C[N+](C)(C)CCOCCc1ccccc1. The molecule has 738 valence electrons. The van der Waals surface area contributed by atoms with Crippen molar-refractivity contribution in [3.05, 3.63) is 251 Å². The summed E-state index contributed by atoms with van der Waals surface area (Å²) in [5.41, 5.74) is 9.24. The number of hydrogen-bond donors (Lipinski definition) is 0. The van der Waals surface area contributed by atoms with E-state index in [1.165, 1.54) is 250 Å². The Balaban J connectivity index is 0.000000760. The van der Waals surface area contributed by atoms with E-state index >= 15 is 0 Å². The molecule has 0 spiro atoms. The van der Waals surface area contributed by atoms with Gasteiger partial charge in [-0.2, -0.15) is 0 Å². The van der Waals surface area contributed by atoms with E-state index in [4.69, 9.17) is 33.2 Å². The summed E-state index contributed by atoms with van der Waals surface area (Å²) in [6, 6.07) is 73.5. The summed E-state index contributed by atoms with van der Waals surface area (Å²) < 4.78 is 48.8. The van der Waals surface area contributed by atoms with E-state index in [0.29, 0.717) is 0 Å². The van der Waals surface area contributed by atoms with Gasteiger partial charge in [0.05, 0.1) is 231 Å². The van der Waals surface area contributed by atoms with E-state index in [9.17, 15) is 0 Å². The minimum atomic E-state index is 0.734. The first-order valence-corrected chi connectivity index (χ1v) is 52.4. The summed E-state index contributed by atoms with van der Waals surface area (Å²) in [5, 5.41) is 0. The van der Waals surface area contributed by atoms with Crippen LogP contribution < -0.4 is 0 Å². The second-order valence-electron chi connectivity index (χ2n) is 37.1. The summed E-state index contributed by atoms with van der Waals surface area (Å²) in [7, 11) is 6.54. The van der Waals surface area contributed by atoms with Crippen LogP contribution in [-0.2, 0) is 78.7 Å². The second kappa shape index (κ2) is 79.2. The van der Waals surface area contributed by atoms with E-state index in [0.717, 1.165) is 166 Å². The zero-order chi connectivity index (χ0) is 95.7. The molecular weight excluding hydrogens is 1600 g/mol. The van der Waals surface area contributed by atoms with Crippen LogP contribution in [0.3, 0.4) is 0 Å². The topological polar surface area (TPSA) is 64.6 Å². The number of hydrogen-bond acceptors (Lipinski definition) is 7. The molecule has 0 radical (unpaired) electrons. The van der Waals surface area contributed by atoms with Gasteiger partial charge < -0.3 is 64.5 Å². The Morgan fingerprint density at radius 1 is 0.162 bits per heavy atom. The zero-order valence-corrected chi connectivity index (χ0v) is 88.2. The van der Waals surface area contributed by atoms with Crippen molar-refractivity contribution in [2.75, 3.05) is 257 Å². The van der Waals surface area contributed by atoms with Gasteiger partial charge >= 0.3 is 0 Å². The fraction of sp³-hybridized carbons (Fsp3) is 0.638. The van der Waals surface area contributed by atoms with Crippen molar-refractivity contribution in [1.82, 2.24) is 0 Å². The van der Waals surface area contributed by atoms with Crippen LogP contribution in [0.5, 0.6) is 0 Å². The van der Waals surface area contributed by atoms with Gasteiger partial charge in [0.1, 0.15) is 45.8 Å². The third-order valence-corrected chi connectivity index (χ3v) is 26.9. The molecule has 0 fully saturated rings. The highest BCUT2D eigenvalue weighted by atomic mass is 16.5. The normalized spacial score (nSPS) is 12.5. The van der Waals surface area contributed by atoms with E-state index in [1.54, 1.807) is 0 Å². The van der Waals surface area contributed by atoms with Gasteiger partial charge in [0, 0.05) is 0 Å². The zero-order valence-electron chi connectivity index (χ0n) is 88.2. The standard InChI is InChI=1S/C19H34NO.2C18H32NO.C17H30NO.C16H28NO.C15H26NO.C13H22NO/c1-4-7-15-20(6-3,14-5-2)16-18-21-17-13-19-11-9-8-10-12-19;1-4-13-19(6-3,14-5-2)15-17-20-16-12-18-10-8-7-9-11-18;1-4-7-14-19(6-3,13-5-2)15-16-20-17-18-11-9-8-10-12-18;1-4-12-18(6-3,13-5-2)14-15-19-16-17-10-8-7-9-11-17;1-4-17(5-2,6-3)13-15-18-14-12-16-10-8-7-9-11-16;1-4-16(5-2,6-3)12-13-17-14-15-10-8-7-9-11-15;1-14(2,3)10-12-15-11-9-13-7-5-4-6-8-13/h8-12H,4-7,13-18H2,1-3H3;7-11H,4-6,12-17H2,1-3H3;8-12H,4-7,13-17H2,1-3H3;7-11H,4-6,12-16H2,1-3H3;7-11H,4-6,12-15H2,1-3H3;7-11H,4-6,12-14H2,1-3H3;4-8H,9-12H2,1-3H3/q7*+1. The first-order valence-electron chi connectivity index (χ1n) is 52.4. The quantitative estimate of drug-likeness (QED) is 0.0278. The van der Waals surface area contributed by atoms with Crippen LogP contribution in [0.2, 0.25) is 0 Å². The molecule has 0 heterocycles. The van der Waals surface area contributed by atoms with Gasteiger partial charge in [0.25, 0.3) is 0 Å². The molecular formula is C116H204N7O7+7. The van der Waals surface area contributed by atoms with Gasteiger partial charge in [0.15, 0.2) is 0 Å². The molecule has 2 unspecified atom stereocenters. The molecule has 7 aromatic rings. The maximum atomic E-state index is 5.91. The Morgan fingerprint density at radius 2 is 0.331 bits per heavy atom. The number of likely N-dealkylation sites (N-methyl/N-ethyl adjacent to an activating group) is 7. The molecule has 7 aromatic carbocycles. The van der Waals surface area contributed by atoms with Crippen molar-refractivity contribution < 1.29 is 64.5 Å². The smallest absolute Gasteiger partial charge is 0.102 e. The predicted molar refractivity (Wildman–Crippen MR) is 562 cm³/mol. The lowest BCUT2D eigenvalue weighted by Crippen LogP contribution is -2.51. The lowest BCUT2D eigenvalue weighted by Gasteiger charge is -2.37. The Labute approximate surface area is 802 Å². The molecule has 14 nitrogen and oxygen atoms in total. The van der Waals surface area contributed by atoms with Crippen LogP contribution >= 0.6 is 0 Å². The molecule has 0 saturated carbocycles. The summed E-state index contributed by atoms with van der Waals surface area (Å²) in [6.07, 6.45) is 16.9. The molecule has 7 rings (SSSR count). The lowest BCUT2D eigenvalue weighted by atomic mass is 10.2. The maximum Gasteiger partial charge on any atom is 0.102 e. The number of benzene rings is 7. The maximum absolute atomic E-state index is 5.91. The van der Waals surface area contributed by atoms with Crippen molar-refractivity contribution in [3.8, 4) is 0 Å². The van der Waals surface area contributed by atoms with E-state index in [2.05, 4.69) is 340 Å². The fourth-order valence-electron chi connectivity index (χ4n) is 17.3. The van der Waals surface area contributed by atoms with Gasteiger partial charge in [-0.1, -0.05) is 281 Å². The first-order chi connectivity index (χ1) is 63.1. The fourth-order valence-corrected chi connectivity index (χ4v) is 17.3. The highest BCUT2D eigenvalue weighted by Gasteiger charge is 2.28. The molecule has 0 aliphatic carbocycles. The number of nitrogens with zero attached hydrogens (tertiary/aromatic N) is 7. The molecule has 0 N–H and O–H groups in total. The summed E-state index contributed by atoms with van der Waals surface area (Å²) in [6.45, 7) is 83.2. The van der Waals surface area contributed by atoms with E-state index in [-0.39, 0.29) is 0 Å². The summed E-state index contributed by atoms with van der Waals surface area (Å²) in [5.74, 6) is 0. The predicted octanol–water partition coefficient (Wildman–Crippen LogP) is 24.5. The molecule has 14 heteroatoms. The van der Waals surface area contributed by atoms with Crippen molar-refractivity contribution in [1.29, 1.82) is 0 Å². The Kier molecular flexibility index (Phi) is 74.3. The average molecular weight is 1810 g/mol. The monoisotopic (exact) mass is 1810 g/mol.